The van der Waals surface area contributed by atoms with Gasteiger partial charge in [-0.3, -0.25) is 4.98 Å². The average Bonchev–Trinajstić information content (AvgIpc) is 2.45. The summed E-state index contributed by atoms with van der Waals surface area (Å²) in [5.74, 6) is 2.25. The van der Waals surface area contributed by atoms with Gasteiger partial charge in [0.25, 0.3) is 0 Å². The predicted octanol–water partition coefficient (Wildman–Crippen LogP) is 3.72. The molecule has 21 heavy (non-hydrogen) atoms. The molecule has 112 valence electrons. The van der Waals surface area contributed by atoms with Gasteiger partial charge in [0.05, 0.1) is 0 Å². The molecule has 0 radical (unpaired) electrons. The highest BCUT2D eigenvalue weighted by Gasteiger charge is 2.14. The Morgan fingerprint density at radius 1 is 1.24 bits per heavy atom. The summed E-state index contributed by atoms with van der Waals surface area (Å²) in [6.07, 6.45) is 5.45. The van der Waals surface area contributed by atoms with Gasteiger partial charge in [0.15, 0.2) is 0 Å². The molecule has 0 unspecified atom stereocenters. The fraction of sp³-hybridized carbons (Fsp3) is 0.471. The molecule has 0 amide bonds. The Morgan fingerprint density at radius 2 is 2.05 bits per heavy atom. The van der Waals surface area contributed by atoms with Gasteiger partial charge in [-0.1, -0.05) is 26.8 Å². The zero-order chi connectivity index (χ0) is 15.2. The van der Waals surface area contributed by atoms with E-state index < -0.39 is 0 Å². The van der Waals surface area contributed by atoms with E-state index in [1.807, 2.05) is 12.3 Å². The summed E-state index contributed by atoms with van der Waals surface area (Å²) in [6.45, 7) is 9.53. The molecule has 0 bridgehead atoms. The normalized spacial score (nSPS) is 10.9. The number of aryl methyl sites for hydroxylation is 1. The third-order valence-corrected chi connectivity index (χ3v) is 3.39. The van der Waals surface area contributed by atoms with Crippen molar-refractivity contribution in [2.24, 2.45) is 0 Å². The largest absolute Gasteiger partial charge is 0.370 e. The first-order valence-corrected chi connectivity index (χ1v) is 7.62. The number of rotatable bonds is 6. The molecule has 0 aliphatic heterocycles. The van der Waals surface area contributed by atoms with Crippen molar-refractivity contribution < 1.29 is 0 Å². The minimum absolute atomic E-state index is 0.414. The van der Waals surface area contributed by atoms with E-state index >= 15 is 0 Å². The molecule has 0 saturated carbocycles. The quantitative estimate of drug-likeness (QED) is 0.878. The summed E-state index contributed by atoms with van der Waals surface area (Å²) in [7, 11) is 0. The van der Waals surface area contributed by atoms with Crippen molar-refractivity contribution in [1.29, 1.82) is 0 Å². The van der Waals surface area contributed by atoms with Gasteiger partial charge in [0.2, 0.25) is 0 Å². The number of nitrogens with zero attached hydrogens (tertiary/aromatic N) is 3. The molecule has 2 aromatic rings. The molecule has 0 aromatic carbocycles. The highest BCUT2D eigenvalue weighted by Crippen LogP contribution is 2.25. The molecule has 4 heteroatoms. The average molecular weight is 284 g/mol. The van der Waals surface area contributed by atoms with Crippen molar-refractivity contribution in [3.63, 3.8) is 0 Å². The van der Waals surface area contributed by atoms with Crippen LogP contribution in [0.3, 0.4) is 0 Å². The van der Waals surface area contributed by atoms with E-state index in [1.165, 1.54) is 5.56 Å². The minimum atomic E-state index is 0.414. The predicted molar refractivity (Wildman–Crippen MR) is 86.7 cm³/mol. The number of nitrogens with one attached hydrogen (secondary N) is 1. The lowest BCUT2D eigenvalue weighted by Crippen LogP contribution is -2.12. The smallest absolute Gasteiger partial charge is 0.135 e. The Hall–Kier alpha value is -1.97. The lowest BCUT2D eigenvalue weighted by atomic mass is 10.0. The molecule has 0 aliphatic rings. The van der Waals surface area contributed by atoms with Gasteiger partial charge >= 0.3 is 0 Å². The summed E-state index contributed by atoms with van der Waals surface area (Å²) >= 11 is 0. The van der Waals surface area contributed by atoms with E-state index in [4.69, 9.17) is 4.98 Å². The van der Waals surface area contributed by atoms with E-state index in [1.54, 1.807) is 6.20 Å². The van der Waals surface area contributed by atoms with Crippen molar-refractivity contribution in [3.05, 3.63) is 47.2 Å². The Labute approximate surface area is 127 Å². The standard InChI is InChI=1S/C17H24N4/c1-5-8-19-17-16(12(2)3)13(4)20-15(21-17)10-14-7-6-9-18-11-14/h6-7,9,11-12H,5,8,10H2,1-4H3,(H,19,20,21). The lowest BCUT2D eigenvalue weighted by molar-refractivity contribution is 0.806. The fourth-order valence-electron chi connectivity index (χ4n) is 2.47. The molecule has 0 spiro atoms. The van der Waals surface area contributed by atoms with E-state index in [0.717, 1.165) is 35.9 Å². The van der Waals surface area contributed by atoms with Crippen LogP contribution in [-0.2, 0) is 6.42 Å². The second kappa shape index (κ2) is 7.16. The van der Waals surface area contributed by atoms with E-state index in [9.17, 15) is 0 Å². The van der Waals surface area contributed by atoms with Crippen LogP contribution in [0.15, 0.2) is 24.5 Å². The van der Waals surface area contributed by atoms with Gasteiger partial charge in [-0.2, -0.15) is 0 Å². The zero-order valence-electron chi connectivity index (χ0n) is 13.3. The Kier molecular flexibility index (Phi) is 5.26. The lowest BCUT2D eigenvalue weighted by Gasteiger charge is -2.17. The maximum absolute atomic E-state index is 4.74. The number of aromatic nitrogens is 3. The summed E-state index contributed by atoms with van der Waals surface area (Å²) in [6, 6.07) is 4.00. The third-order valence-electron chi connectivity index (χ3n) is 3.39. The van der Waals surface area contributed by atoms with Crippen LogP contribution in [0.1, 0.15) is 55.8 Å². The maximum Gasteiger partial charge on any atom is 0.135 e. The Morgan fingerprint density at radius 3 is 2.67 bits per heavy atom. The molecule has 0 atom stereocenters. The molecule has 4 nitrogen and oxygen atoms in total. The van der Waals surface area contributed by atoms with Crippen molar-refractivity contribution in [3.8, 4) is 0 Å². The van der Waals surface area contributed by atoms with Gasteiger partial charge in [0, 0.05) is 36.6 Å². The topological polar surface area (TPSA) is 50.7 Å². The number of hydrogen-bond acceptors (Lipinski definition) is 4. The molecule has 0 saturated heterocycles. The Balaban J connectivity index is 2.33. The summed E-state index contributed by atoms with van der Waals surface area (Å²) < 4.78 is 0. The first-order valence-electron chi connectivity index (χ1n) is 7.62. The van der Waals surface area contributed by atoms with E-state index in [0.29, 0.717) is 12.3 Å². The van der Waals surface area contributed by atoms with Crippen LogP contribution >= 0.6 is 0 Å². The summed E-state index contributed by atoms with van der Waals surface area (Å²) in [5.41, 5.74) is 3.42. The molecule has 0 aliphatic carbocycles. The first kappa shape index (κ1) is 15.4. The number of hydrogen-bond donors (Lipinski definition) is 1. The summed E-state index contributed by atoms with van der Waals surface area (Å²) in [4.78, 5) is 13.6. The van der Waals surface area contributed by atoms with Crippen LogP contribution in [0.25, 0.3) is 0 Å². The Bertz CT molecular complexity index is 579. The van der Waals surface area contributed by atoms with Gasteiger partial charge in [-0.25, -0.2) is 9.97 Å². The third kappa shape index (κ3) is 4.00. The van der Waals surface area contributed by atoms with Crippen LogP contribution in [0.5, 0.6) is 0 Å². The maximum atomic E-state index is 4.74. The minimum Gasteiger partial charge on any atom is -0.370 e. The zero-order valence-corrected chi connectivity index (χ0v) is 13.3. The van der Waals surface area contributed by atoms with Crippen molar-refractivity contribution in [2.75, 3.05) is 11.9 Å². The SMILES string of the molecule is CCCNc1nc(Cc2cccnc2)nc(C)c1C(C)C. The van der Waals surface area contributed by atoms with Crippen LogP contribution in [0.4, 0.5) is 5.82 Å². The van der Waals surface area contributed by atoms with Crippen LogP contribution in [-0.4, -0.2) is 21.5 Å². The second-order valence-corrected chi connectivity index (χ2v) is 5.61. The first-order chi connectivity index (χ1) is 10.1. The van der Waals surface area contributed by atoms with Gasteiger partial charge in [-0.15, -0.1) is 0 Å². The second-order valence-electron chi connectivity index (χ2n) is 5.61. The number of pyridine rings is 1. The van der Waals surface area contributed by atoms with Crippen LogP contribution in [0.2, 0.25) is 0 Å². The molecular weight excluding hydrogens is 260 g/mol. The number of anilines is 1. The van der Waals surface area contributed by atoms with Crippen molar-refractivity contribution >= 4 is 5.82 Å². The molecule has 2 heterocycles. The molecular formula is C17H24N4. The van der Waals surface area contributed by atoms with Crippen LogP contribution in [0, 0.1) is 6.92 Å². The monoisotopic (exact) mass is 284 g/mol. The fourth-order valence-corrected chi connectivity index (χ4v) is 2.47. The van der Waals surface area contributed by atoms with Crippen LogP contribution < -0.4 is 5.32 Å². The van der Waals surface area contributed by atoms with Gasteiger partial charge in [-0.05, 0) is 30.9 Å². The van der Waals surface area contributed by atoms with Crippen molar-refractivity contribution in [1.82, 2.24) is 15.0 Å². The van der Waals surface area contributed by atoms with Gasteiger partial charge < -0.3 is 5.32 Å². The van der Waals surface area contributed by atoms with E-state index in [-0.39, 0.29) is 0 Å². The highest BCUT2D eigenvalue weighted by atomic mass is 15.0. The van der Waals surface area contributed by atoms with Gasteiger partial charge in [0.1, 0.15) is 11.6 Å². The highest BCUT2D eigenvalue weighted by molar-refractivity contribution is 5.48. The molecule has 1 N–H and O–H groups in total. The molecule has 0 fully saturated rings. The molecule has 2 rings (SSSR count). The summed E-state index contributed by atoms with van der Waals surface area (Å²) in [5, 5.41) is 3.44. The van der Waals surface area contributed by atoms with Crippen molar-refractivity contribution in [2.45, 2.75) is 46.5 Å². The molecule has 2 aromatic heterocycles. The van der Waals surface area contributed by atoms with E-state index in [2.05, 4.69) is 49.0 Å².